The monoisotopic (exact) mass is 447 g/mol. The third-order valence-electron chi connectivity index (χ3n) is 4.96. The van der Waals surface area contributed by atoms with Crippen LogP contribution in [-0.4, -0.2) is 82.4 Å². The Morgan fingerprint density at radius 1 is 0.935 bits per heavy atom. The standard InChI is InChI=1S/C19H37N5O7/c1-4-10(2)14(19(30)31)23-18(29)15(11(3)26)24-17(28)13(9-25)22-16(27)12(21)7-5-6-8-20/h10-15,25-26H,4-9,20-21H2,1-3H3,(H,22,27)(H,23,29)(H,24,28)(H,30,31). The van der Waals surface area contributed by atoms with E-state index in [1.807, 2.05) is 0 Å². The van der Waals surface area contributed by atoms with Gasteiger partial charge in [0.05, 0.1) is 18.8 Å². The van der Waals surface area contributed by atoms with Crippen LogP contribution in [0.15, 0.2) is 0 Å². The SMILES string of the molecule is CCC(C)C(NC(=O)C(NC(=O)C(CO)NC(=O)C(N)CCCCN)C(C)O)C(=O)O. The zero-order valence-electron chi connectivity index (χ0n) is 18.3. The summed E-state index contributed by atoms with van der Waals surface area (Å²) in [4.78, 5) is 48.5. The number of rotatable bonds is 15. The minimum Gasteiger partial charge on any atom is -0.480 e. The van der Waals surface area contributed by atoms with Crippen molar-refractivity contribution in [2.45, 2.75) is 76.7 Å². The molecule has 0 aromatic rings. The van der Waals surface area contributed by atoms with Crippen molar-refractivity contribution in [2.75, 3.05) is 13.2 Å². The molecule has 0 radical (unpaired) electrons. The molecule has 0 saturated heterocycles. The number of unbranched alkanes of at least 4 members (excludes halogenated alkanes) is 1. The fraction of sp³-hybridized carbons (Fsp3) is 0.789. The van der Waals surface area contributed by atoms with Crippen molar-refractivity contribution in [3.63, 3.8) is 0 Å². The van der Waals surface area contributed by atoms with E-state index >= 15 is 0 Å². The topological polar surface area (TPSA) is 217 Å². The lowest BCUT2D eigenvalue weighted by atomic mass is 9.98. The number of carbonyl (C=O) groups is 4. The molecular weight excluding hydrogens is 410 g/mol. The molecule has 3 amide bonds. The third kappa shape index (κ3) is 10.0. The van der Waals surface area contributed by atoms with E-state index in [0.29, 0.717) is 32.2 Å². The largest absolute Gasteiger partial charge is 0.480 e. The summed E-state index contributed by atoms with van der Waals surface area (Å²) < 4.78 is 0. The highest BCUT2D eigenvalue weighted by atomic mass is 16.4. The summed E-state index contributed by atoms with van der Waals surface area (Å²) in [7, 11) is 0. The van der Waals surface area contributed by atoms with Gasteiger partial charge in [0.15, 0.2) is 0 Å². The molecule has 31 heavy (non-hydrogen) atoms. The minimum absolute atomic E-state index is 0.341. The molecule has 6 atom stereocenters. The first-order valence-electron chi connectivity index (χ1n) is 10.4. The van der Waals surface area contributed by atoms with E-state index in [1.165, 1.54) is 6.92 Å². The van der Waals surface area contributed by atoms with Crippen molar-refractivity contribution in [1.82, 2.24) is 16.0 Å². The van der Waals surface area contributed by atoms with Crippen molar-refractivity contribution in [3.8, 4) is 0 Å². The van der Waals surface area contributed by atoms with Gasteiger partial charge in [-0.2, -0.15) is 0 Å². The molecule has 0 saturated carbocycles. The first kappa shape index (κ1) is 28.7. The molecule has 0 aromatic heterocycles. The summed E-state index contributed by atoms with van der Waals surface area (Å²) >= 11 is 0. The van der Waals surface area contributed by atoms with Crippen LogP contribution in [0.3, 0.4) is 0 Å². The number of carboxylic acid groups (broad SMARTS) is 1. The van der Waals surface area contributed by atoms with E-state index in [2.05, 4.69) is 16.0 Å². The molecule has 0 rings (SSSR count). The molecule has 12 nitrogen and oxygen atoms in total. The van der Waals surface area contributed by atoms with E-state index < -0.39 is 66.5 Å². The average Bonchev–Trinajstić information content (AvgIpc) is 2.72. The van der Waals surface area contributed by atoms with Gasteiger partial charge in [-0.3, -0.25) is 14.4 Å². The summed E-state index contributed by atoms with van der Waals surface area (Å²) in [5, 5.41) is 35.6. The normalized spacial score (nSPS) is 16.9. The predicted octanol–water partition coefficient (Wildman–Crippen LogP) is -2.60. The molecular formula is C19H37N5O7. The Labute approximate surface area is 182 Å². The number of amides is 3. The zero-order chi connectivity index (χ0) is 24.1. The lowest BCUT2D eigenvalue weighted by Crippen LogP contribution is -2.61. The number of nitrogens with one attached hydrogen (secondary N) is 3. The van der Waals surface area contributed by atoms with Crippen LogP contribution in [-0.2, 0) is 19.2 Å². The van der Waals surface area contributed by atoms with Gasteiger partial charge in [0.2, 0.25) is 17.7 Å². The van der Waals surface area contributed by atoms with Crippen LogP contribution in [0.25, 0.3) is 0 Å². The fourth-order valence-corrected chi connectivity index (χ4v) is 2.70. The second-order valence-electron chi connectivity index (χ2n) is 7.57. The molecule has 0 aromatic carbocycles. The van der Waals surface area contributed by atoms with Crippen molar-refractivity contribution < 1.29 is 34.5 Å². The number of hydrogen-bond donors (Lipinski definition) is 8. The van der Waals surface area contributed by atoms with Crippen molar-refractivity contribution in [2.24, 2.45) is 17.4 Å². The zero-order valence-corrected chi connectivity index (χ0v) is 18.3. The molecule has 0 fully saturated rings. The smallest absolute Gasteiger partial charge is 0.326 e. The van der Waals surface area contributed by atoms with E-state index in [1.54, 1.807) is 13.8 Å². The number of carbonyl (C=O) groups excluding carboxylic acids is 3. The highest BCUT2D eigenvalue weighted by Gasteiger charge is 2.33. The third-order valence-corrected chi connectivity index (χ3v) is 4.96. The van der Waals surface area contributed by atoms with Crippen LogP contribution in [0.1, 0.15) is 46.5 Å². The Hall–Kier alpha value is -2.28. The van der Waals surface area contributed by atoms with Crippen LogP contribution >= 0.6 is 0 Å². The minimum atomic E-state index is -1.50. The number of nitrogens with two attached hydrogens (primary N) is 2. The molecule has 0 heterocycles. The molecule has 0 aliphatic rings. The lowest BCUT2D eigenvalue weighted by molar-refractivity contribution is -0.144. The maximum atomic E-state index is 12.5. The van der Waals surface area contributed by atoms with Gasteiger partial charge in [0.1, 0.15) is 18.1 Å². The van der Waals surface area contributed by atoms with Gasteiger partial charge in [-0.25, -0.2) is 4.79 Å². The first-order valence-corrected chi connectivity index (χ1v) is 10.4. The van der Waals surface area contributed by atoms with Crippen molar-refractivity contribution in [1.29, 1.82) is 0 Å². The number of aliphatic hydroxyl groups excluding tert-OH is 2. The van der Waals surface area contributed by atoms with Crippen LogP contribution < -0.4 is 27.4 Å². The number of aliphatic carboxylic acids is 1. The van der Waals surface area contributed by atoms with E-state index in [4.69, 9.17) is 11.5 Å². The summed E-state index contributed by atoms with van der Waals surface area (Å²) in [6.07, 6.45) is 0.751. The Bertz CT molecular complexity index is 602. The van der Waals surface area contributed by atoms with Gasteiger partial charge >= 0.3 is 5.97 Å². The van der Waals surface area contributed by atoms with Gasteiger partial charge in [-0.15, -0.1) is 0 Å². The van der Waals surface area contributed by atoms with E-state index in [0.717, 1.165) is 0 Å². The van der Waals surface area contributed by atoms with Crippen LogP contribution in [0.5, 0.6) is 0 Å². The molecule has 12 heteroatoms. The Kier molecular flexibility index (Phi) is 13.6. The maximum Gasteiger partial charge on any atom is 0.326 e. The quantitative estimate of drug-likeness (QED) is 0.123. The van der Waals surface area contributed by atoms with Crippen molar-refractivity contribution >= 4 is 23.7 Å². The van der Waals surface area contributed by atoms with Gasteiger partial charge < -0.3 is 42.7 Å². The van der Waals surface area contributed by atoms with Gasteiger partial charge in [-0.05, 0) is 32.2 Å². The van der Waals surface area contributed by atoms with Gasteiger partial charge in [0.25, 0.3) is 0 Å². The van der Waals surface area contributed by atoms with Gasteiger partial charge in [0, 0.05) is 0 Å². The average molecular weight is 448 g/mol. The highest BCUT2D eigenvalue weighted by molar-refractivity contribution is 5.94. The van der Waals surface area contributed by atoms with E-state index in [-0.39, 0.29) is 0 Å². The van der Waals surface area contributed by atoms with Gasteiger partial charge in [-0.1, -0.05) is 26.7 Å². The Morgan fingerprint density at radius 2 is 1.52 bits per heavy atom. The molecule has 0 aliphatic carbocycles. The van der Waals surface area contributed by atoms with Crippen LogP contribution in [0.2, 0.25) is 0 Å². The summed E-state index contributed by atoms with van der Waals surface area (Å²) in [5.41, 5.74) is 11.1. The number of carboxylic acids is 1. The summed E-state index contributed by atoms with van der Waals surface area (Å²) in [6, 6.07) is -5.03. The Balaban J connectivity index is 5.12. The number of aliphatic hydroxyl groups is 2. The molecule has 0 aliphatic heterocycles. The van der Waals surface area contributed by atoms with Crippen molar-refractivity contribution in [3.05, 3.63) is 0 Å². The summed E-state index contributed by atoms with van der Waals surface area (Å²) in [6.45, 7) is 4.33. The molecule has 180 valence electrons. The molecule has 10 N–H and O–H groups in total. The molecule has 0 bridgehead atoms. The Morgan fingerprint density at radius 3 is 1.97 bits per heavy atom. The van der Waals surface area contributed by atoms with E-state index in [9.17, 15) is 34.5 Å². The highest BCUT2D eigenvalue weighted by Crippen LogP contribution is 2.09. The van der Waals surface area contributed by atoms with Crippen LogP contribution in [0, 0.1) is 5.92 Å². The second kappa shape index (κ2) is 14.7. The second-order valence-corrected chi connectivity index (χ2v) is 7.57. The predicted molar refractivity (Wildman–Crippen MR) is 113 cm³/mol. The maximum absolute atomic E-state index is 12.5. The lowest BCUT2D eigenvalue weighted by Gasteiger charge is -2.27. The summed E-state index contributed by atoms with van der Waals surface area (Å²) in [5.74, 6) is -4.13. The number of hydrogen-bond acceptors (Lipinski definition) is 8. The molecule has 0 spiro atoms. The molecule has 6 unspecified atom stereocenters. The van der Waals surface area contributed by atoms with Crippen LogP contribution in [0.4, 0.5) is 0 Å². The first-order chi connectivity index (χ1) is 14.5. The fourth-order valence-electron chi connectivity index (χ4n) is 2.70.